The van der Waals surface area contributed by atoms with E-state index in [0.29, 0.717) is 5.56 Å². The molecule has 0 bridgehead atoms. The number of para-hydroxylation sites is 1. The number of rotatable bonds is 3. The van der Waals surface area contributed by atoms with E-state index in [2.05, 4.69) is 138 Å². The molecule has 50 heavy (non-hydrogen) atoms. The Morgan fingerprint density at radius 3 is 1.60 bits per heavy atom. The summed E-state index contributed by atoms with van der Waals surface area (Å²) in [6.45, 7) is 20.3. The summed E-state index contributed by atoms with van der Waals surface area (Å²) in [5.41, 5.74) is 10.2. The summed E-state index contributed by atoms with van der Waals surface area (Å²) >= 11 is 0. The van der Waals surface area contributed by atoms with E-state index in [4.69, 9.17) is 6.85 Å². The summed E-state index contributed by atoms with van der Waals surface area (Å²) < 4.78 is 48.4. The van der Waals surface area contributed by atoms with Crippen LogP contribution < -0.4 is 0 Å². The Balaban J connectivity index is 1.60. The smallest absolute Gasteiger partial charge is 0.0629 e. The Hall–Kier alpha value is -5.08. The maximum Gasteiger partial charge on any atom is 0.0629 e. The number of nitrogens with zero attached hydrogens (tertiary/aromatic N) is 2. The fourth-order valence-electron chi connectivity index (χ4n) is 7.75. The van der Waals surface area contributed by atoms with Gasteiger partial charge >= 0.3 is 0 Å². The first-order valence-corrected chi connectivity index (χ1v) is 17.6. The minimum Gasteiger partial charge on any atom is -0.309 e. The maximum absolute atomic E-state index is 9.08. The monoisotopic (exact) mass is 657 g/mol. The molecule has 0 atom stereocenters. The summed E-state index contributed by atoms with van der Waals surface area (Å²) in [6.07, 6.45) is 0. The van der Waals surface area contributed by atoms with Gasteiger partial charge in [-0.2, -0.15) is 0 Å². The van der Waals surface area contributed by atoms with E-state index in [1.165, 1.54) is 21.9 Å². The minimum atomic E-state index is -0.397. The van der Waals surface area contributed by atoms with E-state index in [1.54, 1.807) is 0 Å². The normalized spacial score (nSPS) is 14.3. The molecule has 0 aliphatic carbocycles. The standard InChI is InChI=1S/C48H48N2/c1-46(2,3)32-23-25-38-36(29-32)37-30-33(47(4,5)6)24-26-39(37)50(38)42-28-27-41-44(45(42)48(7,8)9)43-35(31-17-12-10-13-18-31)21-16-22-40(43)49(41)34-19-14-11-15-20-34/h10-30H,1-9H3/i10D,12D,13D,17D,18D. The molecule has 2 aromatic heterocycles. The molecule has 0 radical (unpaired) electrons. The van der Waals surface area contributed by atoms with Crippen molar-refractivity contribution >= 4 is 43.6 Å². The van der Waals surface area contributed by atoms with Crippen LogP contribution in [0.5, 0.6) is 0 Å². The van der Waals surface area contributed by atoms with Crippen molar-refractivity contribution in [2.75, 3.05) is 0 Å². The lowest BCUT2D eigenvalue weighted by Crippen LogP contribution is -2.16. The van der Waals surface area contributed by atoms with Gasteiger partial charge in [-0.15, -0.1) is 0 Å². The second kappa shape index (κ2) is 11.2. The van der Waals surface area contributed by atoms with Crippen LogP contribution in [-0.4, -0.2) is 9.13 Å². The molecule has 2 heteroatoms. The second-order valence-corrected chi connectivity index (χ2v) is 16.8. The molecule has 0 fully saturated rings. The van der Waals surface area contributed by atoms with E-state index in [0.717, 1.165) is 49.8 Å². The van der Waals surface area contributed by atoms with Crippen molar-refractivity contribution in [3.63, 3.8) is 0 Å². The third-order valence-electron chi connectivity index (χ3n) is 10.2. The Bertz CT molecular complexity index is 2760. The van der Waals surface area contributed by atoms with Gasteiger partial charge in [0.15, 0.2) is 0 Å². The molecule has 0 amide bonds. The Kier molecular flexibility index (Phi) is 6.00. The summed E-state index contributed by atoms with van der Waals surface area (Å²) in [7, 11) is 0. The number of hydrogen-bond acceptors (Lipinski definition) is 0. The van der Waals surface area contributed by atoms with Crippen LogP contribution in [0.2, 0.25) is 0 Å². The molecular formula is C48H48N2. The van der Waals surface area contributed by atoms with Crippen molar-refractivity contribution in [3.8, 4) is 22.5 Å². The highest BCUT2D eigenvalue weighted by Crippen LogP contribution is 2.47. The lowest BCUT2D eigenvalue weighted by atomic mass is 9.81. The van der Waals surface area contributed by atoms with Gasteiger partial charge in [0.2, 0.25) is 0 Å². The summed E-state index contributed by atoms with van der Waals surface area (Å²) in [6, 6.07) is 32.9. The fourth-order valence-corrected chi connectivity index (χ4v) is 7.75. The minimum absolute atomic E-state index is 0.0290. The first kappa shape index (κ1) is 26.7. The SMILES string of the molecule is [2H]c1c([2H])c([2H])c(-c2cccc3c2c2c(C(C)(C)C)c(-n4c5ccc(C(C)(C)C)cc5c5cc(C(C)(C)C)ccc54)ccc2n3-c2ccccc2)c([2H])c1[2H]. The fraction of sp³-hybridized carbons (Fsp3) is 0.250. The highest BCUT2D eigenvalue weighted by atomic mass is 15.0. The van der Waals surface area contributed by atoms with Crippen LogP contribution in [0.15, 0.2) is 127 Å². The summed E-state index contributed by atoms with van der Waals surface area (Å²) in [5.74, 6) is 0. The van der Waals surface area contributed by atoms with E-state index >= 15 is 0 Å². The first-order chi connectivity index (χ1) is 25.8. The Labute approximate surface area is 304 Å². The van der Waals surface area contributed by atoms with Crippen molar-refractivity contribution in [3.05, 3.63) is 144 Å². The predicted octanol–water partition coefficient (Wildman–Crippen LogP) is 13.4. The van der Waals surface area contributed by atoms with Gasteiger partial charge in [0, 0.05) is 27.2 Å². The van der Waals surface area contributed by atoms with E-state index in [9.17, 15) is 0 Å². The van der Waals surface area contributed by atoms with Gasteiger partial charge in [-0.05, 0) is 98.7 Å². The third kappa shape index (κ3) is 5.07. The number of hydrogen-bond donors (Lipinski definition) is 0. The van der Waals surface area contributed by atoms with Gasteiger partial charge in [0.1, 0.15) is 0 Å². The van der Waals surface area contributed by atoms with Crippen LogP contribution in [-0.2, 0) is 16.2 Å². The van der Waals surface area contributed by atoms with Gasteiger partial charge in [-0.3, -0.25) is 0 Å². The van der Waals surface area contributed by atoms with Crippen LogP contribution in [0.25, 0.3) is 66.1 Å². The molecule has 2 nitrogen and oxygen atoms in total. The van der Waals surface area contributed by atoms with Crippen LogP contribution in [0, 0.1) is 0 Å². The highest BCUT2D eigenvalue weighted by Gasteiger charge is 2.29. The van der Waals surface area contributed by atoms with Crippen LogP contribution in [0.1, 0.15) is 85.9 Å². The lowest BCUT2D eigenvalue weighted by molar-refractivity contribution is 0.590. The van der Waals surface area contributed by atoms with Crippen molar-refractivity contribution in [2.24, 2.45) is 0 Å². The van der Waals surface area contributed by atoms with Gasteiger partial charge in [-0.1, -0.05) is 135 Å². The molecule has 0 saturated carbocycles. The second-order valence-electron chi connectivity index (χ2n) is 16.8. The molecule has 2 heterocycles. The highest BCUT2D eigenvalue weighted by molar-refractivity contribution is 6.19. The van der Waals surface area contributed by atoms with Crippen LogP contribution in [0.4, 0.5) is 0 Å². The molecule has 250 valence electrons. The number of fused-ring (bicyclic) bond motifs is 6. The zero-order chi connectivity index (χ0) is 39.5. The third-order valence-corrected chi connectivity index (χ3v) is 10.2. The number of aromatic nitrogens is 2. The van der Waals surface area contributed by atoms with Crippen LogP contribution in [0.3, 0.4) is 0 Å². The van der Waals surface area contributed by atoms with Gasteiger partial charge in [-0.25, -0.2) is 0 Å². The van der Waals surface area contributed by atoms with Crippen molar-refractivity contribution in [1.29, 1.82) is 0 Å². The summed E-state index contributed by atoms with van der Waals surface area (Å²) in [5, 5.41) is 4.27. The first-order valence-electron chi connectivity index (χ1n) is 20.1. The molecule has 0 spiro atoms. The van der Waals surface area contributed by atoms with Crippen molar-refractivity contribution in [1.82, 2.24) is 9.13 Å². The predicted molar refractivity (Wildman–Crippen MR) is 217 cm³/mol. The average Bonchev–Trinajstić information content (AvgIpc) is 3.64. The van der Waals surface area contributed by atoms with Gasteiger partial charge in [0.05, 0.1) is 34.6 Å². The molecular weight excluding hydrogens is 605 g/mol. The van der Waals surface area contributed by atoms with E-state index in [1.807, 2.05) is 30.3 Å². The molecule has 6 aromatic carbocycles. The van der Waals surface area contributed by atoms with Crippen molar-refractivity contribution in [2.45, 2.75) is 78.6 Å². The molecule has 0 aliphatic heterocycles. The molecule has 8 rings (SSSR count). The molecule has 0 N–H and O–H groups in total. The largest absolute Gasteiger partial charge is 0.309 e. The molecule has 0 unspecified atom stereocenters. The zero-order valence-corrected chi connectivity index (χ0v) is 30.6. The maximum atomic E-state index is 9.08. The topological polar surface area (TPSA) is 9.86 Å². The number of benzene rings is 6. The summed E-state index contributed by atoms with van der Waals surface area (Å²) in [4.78, 5) is 0. The van der Waals surface area contributed by atoms with Gasteiger partial charge in [0.25, 0.3) is 0 Å². The van der Waals surface area contributed by atoms with E-state index in [-0.39, 0.29) is 40.6 Å². The average molecular weight is 658 g/mol. The zero-order valence-electron chi connectivity index (χ0n) is 35.6. The van der Waals surface area contributed by atoms with Crippen molar-refractivity contribution < 1.29 is 6.85 Å². The lowest BCUT2D eigenvalue weighted by Gasteiger charge is -2.26. The molecule has 0 aliphatic rings. The van der Waals surface area contributed by atoms with E-state index < -0.39 is 11.5 Å². The quantitative estimate of drug-likeness (QED) is 0.179. The Morgan fingerprint density at radius 1 is 0.480 bits per heavy atom. The van der Waals surface area contributed by atoms with Crippen LogP contribution >= 0.6 is 0 Å². The Morgan fingerprint density at radius 2 is 1.04 bits per heavy atom. The molecule has 8 aromatic rings. The molecule has 0 saturated heterocycles. The van der Waals surface area contributed by atoms with Gasteiger partial charge < -0.3 is 9.13 Å².